The van der Waals surface area contributed by atoms with Gasteiger partial charge in [0.25, 0.3) is 0 Å². The van der Waals surface area contributed by atoms with Crippen molar-refractivity contribution in [2.75, 3.05) is 7.11 Å². The molecule has 0 saturated carbocycles. The molecule has 2 nitrogen and oxygen atoms in total. The van der Waals surface area contributed by atoms with Crippen LogP contribution in [0, 0.1) is 5.82 Å². The zero-order valence-electron chi connectivity index (χ0n) is 9.91. The third-order valence-corrected chi connectivity index (χ3v) is 3.28. The van der Waals surface area contributed by atoms with E-state index in [-0.39, 0.29) is 11.3 Å². The van der Waals surface area contributed by atoms with Crippen molar-refractivity contribution >= 4 is 29.5 Å². The van der Waals surface area contributed by atoms with Crippen LogP contribution < -0.4 is 4.74 Å². The Bertz CT molecular complexity index is 621. The lowest BCUT2D eigenvalue weighted by molar-refractivity contribution is 0.112. The summed E-state index contributed by atoms with van der Waals surface area (Å²) in [7, 11) is 1.40. The van der Waals surface area contributed by atoms with E-state index in [0.717, 1.165) is 6.07 Å². The maximum Gasteiger partial charge on any atom is 0.153 e. The molecule has 0 fully saturated rings. The quantitative estimate of drug-likeness (QED) is 0.773. The van der Waals surface area contributed by atoms with Crippen molar-refractivity contribution in [3.63, 3.8) is 0 Å². The number of ether oxygens (including phenoxy) is 1. The van der Waals surface area contributed by atoms with Gasteiger partial charge in [0.1, 0.15) is 11.6 Å². The van der Waals surface area contributed by atoms with Gasteiger partial charge in [0.15, 0.2) is 6.29 Å². The van der Waals surface area contributed by atoms with Gasteiger partial charge >= 0.3 is 0 Å². The molecule has 0 bridgehead atoms. The highest BCUT2D eigenvalue weighted by molar-refractivity contribution is 6.39. The molecule has 0 atom stereocenters. The Morgan fingerprint density at radius 3 is 2.37 bits per heavy atom. The minimum Gasteiger partial charge on any atom is -0.495 e. The molecular weight excluding hydrogens is 290 g/mol. The van der Waals surface area contributed by atoms with E-state index in [9.17, 15) is 9.18 Å². The van der Waals surface area contributed by atoms with Crippen LogP contribution in [0.3, 0.4) is 0 Å². The van der Waals surface area contributed by atoms with E-state index in [0.29, 0.717) is 27.5 Å². The summed E-state index contributed by atoms with van der Waals surface area (Å²) < 4.78 is 18.8. The topological polar surface area (TPSA) is 26.3 Å². The van der Waals surface area contributed by atoms with E-state index >= 15 is 0 Å². The highest BCUT2D eigenvalue weighted by Gasteiger charge is 2.17. The van der Waals surface area contributed by atoms with Gasteiger partial charge in [-0.3, -0.25) is 4.79 Å². The average molecular weight is 299 g/mol. The molecule has 0 aliphatic carbocycles. The van der Waals surface area contributed by atoms with Crippen LogP contribution in [-0.4, -0.2) is 13.4 Å². The summed E-state index contributed by atoms with van der Waals surface area (Å²) in [4.78, 5) is 11.0. The summed E-state index contributed by atoms with van der Waals surface area (Å²) in [6.45, 7) is 0. The maximum atomic E-state index is 13.6. The first kappa shape index (κ1) is 13.8. The number of hydrogen-bond acceptors (Lipinski definition) is 2. The second-order valence-corrected chi connectivity index (χ2v) is 4.60. The fourth-order valence-electron chi connectivity index (χ4n) is 1.87. The van der Waals surface area contributed by atoms with Crippen LogP contribution >= 0.6 is 23.2 Å². The molecule has 0 unspecified atom stereocenters. The summed E-state index contributed by atoms with van der Waals surface area (Å²) in [6.07, 6.45) is 0.524. The molecule has 0 aromatic heterocycles. The Kier molecular flexibility index (Phi) is 4.08. The molecule has 0 aliphatic rings. The average Bonchev–Trinajstić information content (AvgIpc) is 2.37. The highest BCUT2D eigenvalue weighted by Crippen LogP contribution is 2.41. The van der Waals surface area contributed by atoms with Gasteiger partial charge in [-0.2, -0.15) is 0 Å². The summed E-state index contributed by atoms with van der Waals surface area (Å²) in [5.41, 5.74) is 0.888. The maximum absolute atomic E-state index is 13.6. The Hall–Kier alpha value is -1.58. The molecule has 0 saturated heterocycles. The van der Waals surface area contributed by atoms with Crippen LogP contribution in [0.15, 0.2) is 30.3 Å². The molecule has 0 heterocycles. The first-order valence-corrected chi connectivity index (χ1v) is 6.11. The van der Waals surface area contributed by atoms with Crippen LogP contribution in [-0.2, 0) is 0 Å². The SMILES string of the molecule is COc1c(C=O)cc(F)cc1-c1c(Cl)cccc1Cl. The predicted octanol–water partition coefficient (Wildman–Crippen LogP) is 4.62. The molecule has 2 rings (SSSR count). The second-order valence-electron chi connectivity index (χ2n) is 3.79. The normalized spacial score (nSPS) is 10.3. The van der Waals surface area contributed by atoms with Gasteiger partial charge in [0.2, 0.25) is 0 Å². The molecule has 0 aliphatic heterocycles. The van der Waals surface area contributed by atoms with Gasteiger partial charge in [0, 0.05) is 11.1 Å². The molecule has 0 amide bonds. The third kappa shape index (κ3) is 2.57. The second kappa shape index (κ2) is 5.59. The van der Waals surface area contributed by atoms with Crippen molar-refractivity contribution in [1.29, 1.82) is 0 Å². The van der Waals surface area contributed by atoms with Gasteiger partial charge in [-0.1, -0.05) is 29.3 Å². The van der Waals surface area contributed by atoms with E-state index < -0.39 is 5.82 Å². The third-order valence-electron chi connectivity index (χ3n) is 2.65. The molecule has 19 heavy (non-hydrogen) atoms. The minimum atomic E-state index is -0.561. The number of halogens is 3. The molecule has 0 N–H and O–H groups in total. The van der Waals surface area contributed by atoms with Crippen molar-refractivity contribution in [3.05, 3.63) is 51.8 Å². The summed E-state index contributed by atoms with van der Waals surface area (Å²) in [5, 5.41) is 0.710. The first-order valence-electron chi connectivity index (χ1n) is 5.35. The molecule has 98 valence electrons. The van der Waals surface area contributed by atoms with Gasteiger partial charge in [-0.25, -0.2) is 4.39 Å². The number of carbonyl (C=O) groups is 1. The van der Waals surface area contributed by atoms with Crippen molar-refractivity contribution < 1.29 is 13.9 Å². The number of aldehydes is 1. The number of rotatable bonds is 3. The van der Waals surface area contributed by atoms with Crippen LogP contribution in [0.2, 0.25) is 10.0 Å². The predicted molar refractivity (Wildman–Crippen MR) is 73.8 cm³/mol. The zero-order valence-corrected chi connectivity index (χ0v) is 11.4. The molecule has 2 aromatic carbocycles. The van der Waals surface area contributed by atoms with E-state index in [1.807, 2.05) is 0 Å². The van der Waals surface area contributed by atoms with Crippen molar-refractivity contribution in [3.8, 4) is 16.9 Å². The highest BCUT2D eigenvalue weighted by atomic mass is 35.5. The van der Waals surface area contributed by atoms with Crippen molar-refractivity contribution in [1.82, 2.24) is 0 Å². The van der Waals surface area contributed by atoms with Crippen molar-refractivity contribution in [2.45, 2.75) is 0 Å². The Morgan fingerprint density at radius 1 is 1.21 bits per heavy atom. The monoisotopic (exact) mass is 298 g/mol. The number of carbonyl (C=O) groups excluding carboxylic acids is 1. The van der Waals surface area contributed by atoms with E-state index in [2.05, 4.69) is 0 Å². The fraction of sp³-hybridized carbons (Fsp3) is 0.0714. The smallest absolute Gasteiger partial charge is 0.153 e. The Balaban J connectivity index is 2.81. The van der Waals surface area contributed by atoms with Crippen molar-refractivity contribution in [2.24, 2.45) is 0 Å². The van der Waals surface area contributed by atoms with E-state index in [1.54, 1.807) is 18.2 Å². The zero-order chi connectivity index (χ0) is 14.0. The molecule has 0 spiro atoms. The van der Waals surface area contributed by atoms with Crippen LogP contribution in [0.25, 0.3) is 11.1 Å². The molecule has 2 aromatic rings. The van der Waals surface area contributed by atoms with Gasteiger partial charge in [0.05, 0.1) is 22.7 Å². The number of benzene rings is 2. The standard InChI is InChI=1S/C14H9Cl2FO2/c1-19-14-8(7-18)5-9(17)6-10(14)13-11(15)3-2-4-12(13)16/h2-7H,1H3. The lowest BCUT2D eigenvalue weighted by atomic mass is 10.0. The van der Waals surface area contributed by atoms with E-state index in [4.69, 9.17) is 27.9 Å². The van der Waals surface area contributed by atoms with Gasteiger partial charge in [-0.05, 0) is 24.3 Å². The first-order chi connectivity index (χ1) is 9.08. The number of hydrogen-bond donors (Lipinski definition) is 0. The Labute approximate surface area is 119 Å². The van der Waals surface area contributed by atoms with Crippen LogP contribution in [0.1, 0.15) is 10.4 Å². The lowest BCUT2D eigenvalue weighted by Crippen LogP contribution is -1.96. The minimum absolute atomic E-state index is 0.105. The summed E-state index contributed by atoms with van der Waals surface area (Å²) in [5.74, 6) is -0.319. The fourth-order valence-corrected chi connectivity index (χ4v) is 2.47. The number of methoxy groups -OCH3 is 1. The summed E-state index contributed by atoms with van der Waals surface area (Å²) in [6, 6.07) is 7.28. The lowest BCUT2D eigenvalue weighted by Gasteiger charge is -2.13. The van der Waals surface area contributed by atoms with Crippen LogP contribution in [0.5, 0.6) is 5.75 Å². The van der Waals surface area contributed by atoms with Gasteiger partial charge in [-0.15, -0.1) is 0 Å². The molecular formula is C14H9Cl2FO2. The van der Waals surface area contributed by atoms with Gasteiger partial charge < -0.3 is 4.74 Å². The summed E-state index contributed by atoms with van der Waals surface area (Å²) >= 11 is 12.2. The largest absolute Gasteiger partial charge is 0.495 e. The van der Waals surface area contributed by atoms with Crippen LogP contribution in [0.4, 0.5) is 4.39 Å². The molecule has 0 radical (unpaired) electrons. The molecule has 5 heteroatoms. The van der Waals surface area contributed by atoms with E-state index in [1.165, 1.54) is 13.2 Å². The Morgan fingerprint density at radius 2 is 1.84 bits per heavy atom.